The first-order chi connectivity index (χ1) is 22.0. The summed E-state index contributed by atoms with van der Waals surface area (Å²) in [6, 6.07) is 15.4. The third kappa shape index (κ3) is 4.33. The lowest BCUT2D eigenvalue weighted by Crippen LogP contribution is -2.43. The summed E-state index contributed by atoms with van der Waals surface area (Å²) in [6.45, 7) is 0. The number of halogens is 1. The monoisotopic (exact) mass is 640 g/mol. The summed E-state index contributed by atoms with van der Waals surface area (Å²) >= 11 is 6.35. The van der Waals surface area contributed by atoms with Crippen molar-refractivity contribution in [3.05, 3.63) is 100 Å². The number of carboxylic acids is 2. The van der Waals surface area contributed by atoms with Gasteiger partial charge < -0.3 is 15.3 Å². The second-order valence-corrected chi connectivity index (χ2v) is 12.4. The fourth-order valence-corrected chi connectivity index (χ4v) is 7.96. The predicted molar refractivity (Wildman–Crippen MR) is 162 cm³/mol. The minimum Gasteiger partial charge on any atom is -0.508 e. The van der Waals surface area contributed by atoms with E-state index in [2.05, 4.69) is 0 Å². The van der Waals surface area contributed by atoms with Crippen LogP contribution in [0.4, 0.5) is 11.4 Å². The number of amides is 4. The molecule has 4 aliphatic rings. The zero-order valence-electron chi connectivity index (χ0n) is 23.9. The first-order valence-corrected chi connectivity index (χ1v) is 15.0. The Labute approximate surface area is 266 Å². The number of nitrogens with zero attached hydrogens (tertiary/aromatic N) is 2. The summed E-state index contributed by atoms with van der Waals surface area (Å²) in [5.74, 6) is -9.98. The normalized spacial score (nSPS) is 26.8. The number of benzene rings is 3. The molecule has 0 aromatic heterocycles. The maximum absolute atomic E-state index is 14.2. The molecule has 1 saturated carbocycles. The molecule has 2 saturated heterocycles. The highest BCUT2D eigenvalue weighted by molar-refractivity contribution is 6.30. The van der Waals surface area contributed by atoms with E-state index < -0.39 is 71.1 Å². The van der Waals surface area contributed by atoms with Crippen molar-refractivity contribution in [2.45, 2.75) is 18.8 Å². The molecule has 3 aromatic rings. The summed E-state index contributed by atoms with van der Waals surface area (Å²) in [4.78, 5) is 81.4. The topological polar surface area (TPSA) is 170 Å². The van der Waals surface area contributed by atoms with Crippen LogP contribution in [0.1, 0.15) is 45.0 Å². The highest BCUT2D eigenvalue weighted by atomic mass is 35.5. The van der Waals surface area contributed by atoms with E-state index >= 15 is 0 Å². The van der Waals surface area contributed by atoms with E-state index in [0.29, 0.717) is 11.1 Å². The van der Waals surface area contributed by atoms with Crippen LogP contribution >= 0.6 is 11.6 Å². The van der Waals surface area contributed by atoms with E-state index in [0.717, 1.165) is 9.80 Å². The molecule has 2 aliphatic heterocycles. The molecule has 0 spiro atoms. The van der Waals surface area contributed by atoms with Crippen LogP contribution in [0.2, 0.25) is 5.02 Å². The largest absolute Gasteiger partial charge is 0.508 e. The number of imide groups is 2. The Morgan fingerprint density at radius 1 is 0.696 bits per heavy atom. The average molecular weight is 641 g/mol. The van der Waals surface area contributed by atoms with Gasteiger partial charge in [-0.1, -0.05) is 35.4 Å². The number of hydrogen-bond acceptors (Lipinski definition) is 7. The van der Waals surface area contributed by atoms with Gasteiger partial charge in [0.05, 0.1) is 46.2 Å². The van der Waals surface area contributed by atoms with Crippen LogP contribution in [-0.2, 0) is 19.2 Å². The second kappa shape index (κ2) is 10.7. The van der Waals surface area contributed by atoms with Gasteiger partial charge >= 0.3 is 11.9 Å². The summed E-state index contributed by atoms with van der Waals surface area (Å²) < 4.78 is 0. The molecule has 0 bridgehead atoms. The third-order valence-corrected chi connectivity index (χ3v) is 9.91. The van der Waals surface area contributed by atoms with Crippen LogP contribution in [0.5, 0.6) is 5.75 Å². The van der Waals surface area contributed by atoms with Gasteiger partial charge in [0.15, 0.2) is 0 Å². The lowest BCUT2D eigenvalue weighted by atomic mass is 9.57. The lowest BCUT2D eigenvalue weighted by molar-refractivity contribution is -0.126. The van der Waals surface area contributed by atoms with Gasteiger partial charge in [-0.05, 0) is 73.4 Å². The smallest absolute Gasteiger partial charge is 0.335 e. The number of carbonyl (C=O) groups is 6. The molecule has 3 N–H and O–H groups in total. The number of phenolic OH excluding ortho intramolecular Hbond substituents is 1. The van der Waals surface area contributed by atoms with E-state index in [-0.39, 0.29) is 46.1 Å². The van der Waals surface area contributed by atoms with Gasteiger partial charge in [-0.15, -0.1) is 0 Å². The summed E-state index contributed by atoms with van der Waals surface area (Å²) in [6.07, 6.45) is 2.01. The van der Waals surface area contributed by atoms with Crippen LogP contribution < -0.4 is 9.80 Å². The number of anilines is 2. The molecule has 7 rings (SSSR count). The number of fused-ring (bicyclic) bond motifs is 4. The molecule has 11 nitrogen and oxygen atoms in total. The lowest BCUT2D eigenvalue weighted by Gasteiger charge is -2.44. The van der Waals surface area contributed by atoms with Gasteiger partial charge in [0.25, 0.3) is 0 Å². The molecule has 12 heteroatoms. The molecule has 2 heterocycles. The van der Waals surface area contributed by atoms with E-state index in [1.165, 1.54) is 66.7 Å². The van der Waals surface area contributed by atoms with Crippen molar-refractivity contribution >= 4 is 58.5 Å². The highest BCUT2D eigenvalue weighted by Crippen LogP contribution is 2.59. The molecule has 46 heavy (non-hydrogen) atoms. The number of carbonyl (C=O) groups excluding carboxylic acids is 4. The summed E-state index contributed by atoms with van der Waals surface area (Å²) in [5, 5.41) is 30.3. The summed E-state index contributed by atoms with van der Waals surface area (Å²) in [5.41, 5.74) is 0.931. The Kier molecular flexibility index (Phi) is 6.82. The molecule has 232 valence electrons. The highest BCUT2D eigenvalue weighted by Gasteiger charge is 2.62. The number of hydrogen-bond donors (Lipinski definition) is 3. The number of allylic oxidation sites excluding steroid dienone is 2. The molecule has 3 fully saturated rings. The maximum atomic E-state index is 14.2. The Hall–Kier alpha value is -5.29. The van der Waals surface area contributed by atoms with Crippen molar-refractivity contribution < 1.29 is 44.1 Å². The zero-order chi connectivity index (χ0) is 32.6. The van der Waals surface area contributed by atoms with Crippen molar-refractivity contribution in [1.82, 2.24) is 0 Å². The van der Waals surface area contributed by atoms with Crippen molar-refractivity contribution in [2.24, 2.45) is 29.6 Å². The predicted octanol–water partition coefficient (Wildman–Crippen LogP) is 4.49. The van der Waals surface area contributed by atoms with E-state index in [4.69, 9.17) is 11.6 Å². The van der Waals surface area contributed by atoms with Crippen LogP contribution in [0.15, 0.2) is 78.4 Å². The molecule has 2 aliphatic carbocycles. The van der Waals surface area contributed by atoms with Crippen molar-refractivity contribution in [1.29, 1.82) is 0 Å². The minimum atomic E-state index is -1.23. The average Bonchev–Trinajstić information content (AvgIpc) is 3.44. The van der Waals surface area contributed by atoms with Gasteiger partial charge in [-0.2, -0.15) is 0 Å². The standard InChI is InChI=1S/C34H25ClN2O9/c35-17-7-10-25(38)23(13-17)26-20-8-9-21-27(31(41)36(29(21)39)18-5-1-3-15(11-18)33(43)44)22(20)14-24-28(26)32(42)37(30(24)40)19-6-2-4-16(12-19)34(45)46/h1-8,10-13,21-22,24,26-28,38H,9,14H2,(H,43,44)(H,45,46)/t21-,22+,24+,26+,27-,28+/m0/s1. The van der Waals surface area contributed by atoms with Crippen molar-refractivity contribution in [3.63, 3.8) is 0 Å². The number of phenols is 1. The molecule has 3 aromatic carbocycles. The molecule has 0 radical (unpaired) electrons. The quantitative estimate of drug-likeness (QED) is 0.269. The summed E-state index contributed by atoms with van der Waals surface area (Å²) in [7, 11) is 0. The Morgan fingerprint density at radius 2 is 1.26 bits per heavy atom. The van der Waals surface area contributed by atoms with Gasteiger partial charge in [0, 0.05) is 16.5 Å². The number of carboxylic acid groups (broad SMARTS) is 2. The van der Waals surface area contributed by atoms with Gasteiger partial charge in [0.2, 0.25) is 23.6 Å². The number of aromatic hydroxyl groups is 1. The van der Waals surface area contributed by atoms with Crippen LogP contribution in [0.25, 0.3) is 0 Å². The van der Waals surface area contributed by atoms with Crippen LogP contribution in [0, 0.1) is 29.6 Å². The molecule has 6 atom stereocenters. The molecule has 0 unspecified atom stereocenters. The van der Waals surface area contributed by atoms with E-state index in [9.17, 15) is 44.1 Å². The first kappa shape index (κ1) is 29.4. The van der Waals surface area contributed by atoms with Crippen molar-refractivity contribution in [3.8, 4) is 5.75 Å². The first-order valence-electron chi connectivity index (χ1n) is 14.6. The SMILES string of the molecule is O=C(O)c1cccc(N2C(=O)[C@H]3[C@H](CC=C4[C@H]3C[C@H]3C(=O)N(c5cccc(C(=O)O)c5)C(=O)[C@H]3[C@H]4c3cc(Cl)ccc3O)C2=O)c1. The Bertz CT molecular complexity index is 1940. The van der Waals surface area contributed by atoms with Gasteiger partial charge in [0.1, 0.15) is 5.75 Å². The number of aromatic carboxylic acids is 2. The minimum absolute atomic E-state index is 0.0528. The second-order valence-electron chi connectivity index (χ2n) is 12.0. The van der Waals surface area contributed by atoms with Gasteiger partial charge in [-0.3, -0.25) is 29.0 Å². The third-order valence-electron chi connectivity index (χ3n) is 9.68. The molecular weight excluding hydrogens is 616 g/mol. The van der Waals surface area contributed by atoms with Crippen LogP contribution in [0.3, 0.4) is 0 Å². The Balaban J connectivity index is 1.34. The number of rotatable bonds is 5. The van der Waals surface area contributed by atoms with Crippen LogP contribution in [-0.4, -0.2) is 50.9 Å². The van der Waals surface area contributed by atoms with E-state index in [1.807, 2.05) is 0 Å². The zero-order valence-corrected chi connectivity index (χ0v) is 24.6. The maximum Gasteiger partial charge on any atom is 0.335 e. The fraction of sp³-hybridized carbons (Fsp3) is 0.235. The fourth-order valence-electron chi connectivity index (χ4n) is 7.78. The Morgan fingerprint density at radius 3 is 1.85 bits per heavy atom. The van der Waals surface area contributed by atoms with Gasteiger partial charge in [-0.25, -0.2) is 9.59 Å². The van der Waals surface area contributed by atoms with Crippen molar-refractivity contribution in [2.75, 3.05) is 9.80 Å². The van der Waals surface area contributed by atoms with E-state index in [1.54, 1.807) is 6.08 Å². The molecule has 4 amide bonds. The molecular formula is C34H25ClN2O9.